The third-order valence-corrected chi connectivity index (χ3v) is 4.38. The molecule has 0 aliphatic heterocycles. The molecule has 3 aromatic carbocycles. The average molecular weight is 465 g/mol. The topological polar surface area (TPSA) is 137 Å². The number of rotatable bonds is 11. The average Bonchev–Trinajstić information content (AvgIpc) is 2.86. The fourth-order valence-electron chi connectivity index (χ4n) is 2.71. The zero-order valence-electron chi connectivity index (χ0n) is 18.6. The number of esters is 1. The quantitative estimate of drug-likeness (QED) is 0.166. The molecule has 0 radical (unpaired) electrons. The van der Waals surface area contributed by atoms with Crippen LogP contribution in [0.3, 0.4) is 0 Å². The number of anilines is 2. The molecule has 11 heteroatoms. The molecule has 2 N–H and O–H groups in total. The second-order valence-electron chi connectivity index (χ2n) is 6.73. The maximum Gasteiger partial charge on any atom is 0.344 e. The van der Waals surface area contributed by atoms with Crippen molar-refractivity contribution in [1.29, 1.82) is 0 Å². The molecule has 0 atom stereocenters. The minimum atomic E-state index is -0.455. The Bertz CT molecular complexity index is 1150. The fraction of sp³-hybridized carbons (Fsp3) is 0.174. The molecule has 0 spiro atoms. The molecule has 0 saturated heterocycles. The standard InChI is InChI=1S/C23H23N5O6/c1-3-33-23(29)15-34-20-11-6-17(7-12-20)25-27-21-13-8-18(14-22(21)32-2)26-24-16-4-9-19(10-5-16)28(30)31/h4-14,24,26H,3,15H2,1-2H3. The zero-order chi connectivity index (χ0) is 24.3. The van der Waals surface area contributed by atoms with Crippen molar-refractivity contribution < 1.29 is 23.9 Å². The van der Waals surface area contributed by atoms with E-state index in [1.54, 1.807) is 61.5 Å². The highest BCUT2D eigenvalue weighted by molar-refractivity contribution is 5.71. The van der Waals surface area contributed by atoms with Gasteiger partial charge in [0.25, 0.3) is 5.69 Å². The van der Waals surface area contributed by atoms with E-state index >= 15 is 0 Å². The van der Waals surface area contributed by atoms with E-state index in [4.69, 9.17) is 14.2 Å². The number of hydrogen-bond donors (Lipinski definition) is 2. The van der Waals surface area contributed by atoms with E-state index < -0.39 is 10.9 Å². The number of methoxy groups -OCH3 is 1. The summed E-state index contributed by atoms with van der Waals surface area (Å²) in [7, 11) is 1.53. The first-order valence-electron chi connectivity index (χ1n) is 10.2. The van der Waals surface area contributed by atoms with E-state index in [1.165, 1.54) is 19.2 Å². The maximum absolute atomic E-state index is 11.4. The lowest BCUT2D eigenvalue weighted by Gasteiger charge is -2.11. The largest absolute Gasteiger partial charge is 0.494 e. The van der Waals surface area contributed by atoms with Crippen LogP contribution in [-0.2, 0) is 9.53 Å². The molecule has 11 nitrogen and oxygen atoms in total. The molecule has 0 bridgehead atoms. The third kappa shape index (κ3) is 6.92. The van der Waals surface area contributed by atoms with Gasteiger partial charge in [-0.15, -0.1) is 5.11 Å². The van der Waals surface area contributed by atoms with E-state index in [1.807, 2.05) is 0 Å². The van der Waals surface area contributed by atoms with Crippen LogP contribution >= 0.6 is 0 Å². The highest BCUT2D eigenvalue weighted by Crippen LogP contribution is 2.32. The fourth-order valence-corrected chi connectivity index (χ4v) is 2.71. The lowest BCUT2D eigenvalue weighted by Crippen LogP contribution is -2.14. The minimum Gasteiger partial charge on any atom is -0.494 e. The van der Waals surface area contributed by atoms with Crippen LogP contribution in [0.15, 0.2) is 77.0 Å². The molecule has 0 aliphatic carbocycles. The highest BCUT2D eigenvalue weighted by atomic mass is 16.6. The number of non-ortho nitro benzene ring substituents is 1. The number of hydrogen-bond acceptors (Lipinski definition) is 10. The van der Waals surface area contributed by atoms with Gasteiger partial charge in [0.05, 0.1) is 35.7 Å². The molecule has 0 heterocycles. The minimum absolute atomic E-state index is 0.0146. The number of azo groups is 1. The maximum atomic E-state index is 11.4. The third-order valence-electron chi connectivity index (χ3n) is 4.38. The molecule has 0 unspecified atom stereocenters. The van der Waals surface area contributed by atoms with Gasteiger partial charge in [0, 0.05) is 18.2 Å². The summed E-state index contributed by atoms with van der Waals surface area (Å²) in [5, 5.41) is 19.2. The van der Waals surface area contributed by atoms with Gasteiger partial charge in [-0.3, -0.25) is 10.1 Å². The van der Waals surface area contributed by atoms with Crippen LogP contribution in [0.4, 0.5) is 28.4 Å². The smallest absolute Gasteiger partial charge is 0.344 e. The van der Waals surface area contributed by atoms with Crippen LogP contribution in [0.25, 0.3) is 0 Å². The molecule has 34 heavy (non-hydrogen) atoms. The van der Waals surface area contributed by atoms with E-state index in [0.29, 0.717) is 40.9 Å². The second-order valence-corrected chi connectivity index (χ2v) is 6.73. The van der Waals surface area contributed by atoms with Crippen molar-refractivity contribution in [3.63, 3.8) is 0 Å². The van der Waals surface area contributed by atoms with Gasteiger partial charge >= 0.3 is 5.97 Å². The number of benzene rings is 3. The molecular weight excluding hydrogens is 442 g/mol. The van der Waals surface area contributed by atoms with Crippen LogP contribution in [0.5, 0.6) is 11.5 Å². The summed E-state index contributed by atoms with van der Waals surface area (Å²) in [6.07, 6.45) is 0. The SMILES string of the molecule is CCOC(=O)COc1ccc(N=Nc2ccc(NNc3ccc([N+](=O)[O-])cc3)cc2OC)cc1. The zero-order valence-corrected chi connectivity index (χ0v) is 18.6. The van der Waals surface area contributed by atoms with Crippen molar-refractivity contribution >= 4 is 34.4 Å². The highest BCUT2D eigenvalue weighted by Gasteiger charge is 2.07. The van der Waals surface area contributed by atoms with Crippen molar-refractivity contribution in [3.05, 3.63) is 76.8 Å². The first kappa shape index (κ1) is 24.0. The van der Waals surface area contributed by atoms with Gasteiger partial charge in [0.1, 0.15) is 17.2 Å². The Balaban J connectivity index is 1.59. The molecule has 3 rings (SSSR count). The number of hydrazine groups is 1. The molecule has 0 aromatic heterocycles. The van der Waals surface area contributed by atoms with E-state index in [0.717, 1.165) is 0 Å². The van der Waals surface area contributed by atoms with Crippen molar-refractivity contribution in [2.75, 3.05) is 31.2 Å². The summed E-state index contributed by atoms with van der Waals surface area (Å²) in [4.78, 5) is 21.6. The van der Waals surface area contributed by atoms with Gasteiger partial charge in [-0.05, 0) is 55.5 Å². The Hall–Kier alpha value is -4.67. The Labute approximate surface area is 195 Å². The summed E-state index contributed by atoms with van der Waals surface area (Å²) in [5.74, 6) is 0.577. The van der Waals surface area contributed by atoms with Crippen LogP contribution in [0, 0.1) is 10.1 Å². The van der Waals surface area contributed by atoms with Gasteiger partial charge < -0.3 is 25.1 Å². The predicted molar refractivity (Wildman–Crippen MR) is 126 cm³/mol. The molecule has 176 valence electrons. The number of nitrogens with zero attached hydrogens (tertiary/aromatic N) is 3. The number of carbonyl (C=O) groups excluding carboxylic acids is 1. The molecule has 0 fully saturated rings. The molecule has 0 saturated carbocycles. The Morgan fingerprint density at radius 2 is 1.65 bits per heavy atom. The van der Waals surface area contributed by atoms with Crippen LogP contribution < -0.4 is 20.3 Å². The van der Waals surface area contributed by atoms with E-state index in [9.17, 15) is 14.9 Å². The van der Waals surface area contributed by atoms with Crippen molar-refractivity contribution in [1.82, 2.24) is 0 Å². The second kappa shape index (κ2) is 11.8. The predicted octanol–water partition coefficient (Wildman–Crippen LogP) is 5.40. The van der Waals surface area contributed by atoms with Crippen molar-refractivity contribution in [2.24, 2.45) is 10.2 Å². The first-order valence-corrected chi connectivity index (χ1v) is 10.2. The summed E-state index contributed by atoms with van der Waals surface area (Å²) in [5.41, 5.74) is 8.43. The number of nitro benzene ring substituents is 1. The monoisotopic (exact) mass is 465 g/mol. The Morgan fingerprint density at radius 3 is 2.29 bits per heavy atom. The van der Waals surface area contributed by atoms with Gasteiger partial charge in [0.2, 0.25) is 0 Å². The molecular formula is C23H23N5O6. The van der Waals surface area contributed by atoms with Crippen LogP contribution in [-0.4, -0.2) is 31.2 Å². The number of nitrogens with one attached hydrogen (secondary N) is 2. The normalized spacial score (nSPS) is 10.5. The van der Waals surface area contributed by atoms with E-state index in [2.05, 4.69) is 21.1 Å². The molecule has 0 amide bonds. The number of carbonyl (C=O) groups is 1. The van der Waals surface area contributed by atoms with Crippen LogP contribution in [0.1, 0.15) is 6.92 Å². The Morgan fingerprint density at radius 1 is 0.971 bits per heavy atom. The van der Waals surface area contributed by atoms with Crippen molar-refractivity contribution in [2.45, 2.75) is 6.92 Å². The van der Waals surface area contributed by atoms with E-state index in [-0.39, 0.29) is 12.3 Å². The summed E-state index contributed by atoms with van der Waals surface area (Å²) in [6.45, 7) is 1.87. The van der Waals surface area contributed by atoms with Gasteiger partial charge in [0.15, 0.2) is 6.61 Å². The summed E-state index contributed by atoms with van der Waals surface area (Å²) >= 11 is 0. The van der Waals surface area contributed by atoms with Crippen LogP contribution in [0.2, 0.25) is 0 Å². The van der Waals surface area contributed by atoms with Gasteiger partial charge in [-0.1, -0.05) is 0 Å². The molecule has 3 aromatic rings. The number of nitro groups is 1. The van der Waals surface area contributed by atoms with Gasteiger partial charge in [-0.2, -0.15) is 5.11 Å². The number of ether oxygens (including phenoxy) is 3. The summed E-state index contributed by atoms with van der Waals surface area (Å²) in [6, 6.07) is 18.0. The van der Waals surface area contributed by atoms with Gasteiger partial charge in [-0.25, -0.2) is 4.79 Å². The van der Waals surface area contributed by atoms with Crippen molar-refractivity contribution in [3.8, 4) is 11.5 Å². The molecule has 0 aliphatic rings. The lowest BCUT2D eigenvalue weighted by atomic mass is 10.2. The summed E-state index contributed by atoms with van der Waals surface area (Å²) < 4.78 is 15.6. The lowest BCUT2D eigenvalue weighted by molar-refractivity contribution is -0.384. The first-order chi connectivity index (χ1) is 16.5. The Kier molecular flexibility index (Phi) is 8.33.